The maximum Gasteiger partial charge on any atom is 0.254 e. The van der Waals surface area contributed by atoms with Gasteiger partial charge < -0.3 is 20.1 Å². The van der Waals surface area contributed by atoms with Crippen molar-refractivity contribution in [2.75, 3.05) is 26.1 Å². The number of pyridine rings is 1. The molecule has 0 saturated heterocycles. The van der Waals surface area contributed by atoms with Crippen LogP contribution in [-0.4, -0.2) is 41.3 Å². The van der Waals surface area contributed by atoms with Crippen LogP contribution in [0.15, 0.2) is 60.8 Å². The Labute approximate surface area is 184 Å². The molecule has 0 atom stereocenters. The Morgan fingerprint density at radius 2 is 2.00 bits per heavy atom. The van der Waals surface area contributed by atoms with Gasteiger partial charge in [-0.15, -0.1) is 5.10 Å². The fourth-order valence-electron chi connectivity index (χ4n) is 3.25. The highest BCUT2D eigenvalue weighted by Crippen LogP contribution is 2.28. The summed E-state index contributed by atoms with van der Waals surface area (Å²) in [7, 11) is 3.08. The highest BCUT2D eigenvalue weighted by Gasteiger charge is 2.14. The van der Waals surface area contributed by atoms with Crippen LogP contribution in [0.4, 0.5) is 11.6 Å². The standard InChI is InChI=1S/C23H20N6O3/c1-25-22(30)19-10-7-16(14-20(19)31-2)26-23-27-21-18(4-3-12-29(21)28-23)15-5-8-17(9-6-15)32-13-11-24/h3-10,12,14H,13H2,1-2H3,(H,25,30)(H,26,28). The molecule has 0 aliphatic rings. The van der Waals surface area contributed by atoms with Gasteiger partial charge in [-0.25, -0.2) is 4.52 Å². The van der Waals surface area contributed by atoms with E-state index in [-0.39, 0.29) is 12.5 Å². The third-order valence-electron chi connectivity index (χ3n) is 4.76. The molecule has 0 radical (unpaired) electrons. The first-order chi connectivity index (χ1) is 15.6. The van der Waals surface area contributed by atoms with E-state index in [2.05, 4.69) is 20.7 Å². The van der Waals surface area contributed by atoms with Gasteiger partial charge >= 0.3 is 0 Å². The van der Waals surface area contributed by atoms with Gasteiger partial charge in [-0.05, 0) is 42.0 Å². The molecule has 160 valence electrons. The molecule has 4 rings (SSSR count). The van der Waals surface area contributed by atoms with Crippen LogP contribution in [0, 0.1) is 11.3 Å². The second kappa shape index (κ2) is 9.06. The molecule has 9 nitrogen and oxygen atoms in total. The molecule has 32 heavy (non-hydrogen) atoms. The van der Waals surface area contributed by atoms with E-state index < -0.39 is 0 Å². The molecular formula is C23H20N6O3. The van der Waals surface area contributed by atoms with Crippen LogP contribution in [0.25, 0.3) is 16.8 Å². The Hall–Kier alpha value is -4.58. The summed E-state index contributed by atoms with van der Waals surface area (Å²) in [6, 6.07) is 18.4. The van der Waals surface area contributed by atoms with Crippen LogP contribution in [0.1, 0.15) is 10.4 Å². The Morgan fingerprint density at radius 1 is 1.19 bits per heavy atom. The number of fused-ring (bicyclic) bond motifs is 1. The minimum atomic E-state index is -0.229. The largest absolute Gasteiger partial charge is 0.496 e. The molecule has 0 unspecified atom stereocenters. The van der Waals surface area contributed by atoms with Gasteiger partial charge in [0.05, 0.1) is 12.7 Å². The number of hydrogen-bond donors (Lipinski definition) is 2. The summed E-state index contributed by atoms with van der Waals surface area (Å²) in [5.74, 6) is 1.24. The van der Waals surface area contributed by atoms with E-state index in [0.29, 0.717) is 34.3 Å². The van der Waals surface area contributed by atoms with E-state index in [0.717, 1.165) is 11.1 Å². The van der Waals surface area contributed by atoms with Crippen LogP contribution in [0.2, 0.25) is 0 Å². The first-order valence-corrected chi connectivity index (χ1v) is 9.75. The molecular weight excluding hydrogens is 408 g/mol. The number of carbonyl (C=O) groups is 1. The number of anilines is 2. The van der Waals surface area contributed by atoms with Crippen LogP contribution >= 0.6 is 0 Å². The van der Waals surface area contributed by atoms with Gasteiger partial charge in [0, 0.05) is 30.6 Å². The summed E-state index contributed by atoms with van der Waals surface area (Å²) in [5.41, 5.74) is 3.64. The first-order valence-electron chi connectivity index (χ1n) is 9.75. The predicted octanol–water partition coefficient (Wildman–Crippen LogP) is 3.41. The molecule has 0 fully saturated rings. The van der Waals surface area contributed by atoms with Crippen LogP contribution in [-0.2, 0) is 0 Å². The summed E-state index contributed by atoms with van der Waals surface area (Å²) in [4.78, 5) is 16.6. The zero-order chi connectivity index (χ0) is 22.5. The van der Waals surface area contributed by atoms with Gasteiger partial charge in [0.15, 0.2) is 12.3 Å². The molecule has 0 aliphatic carbocycles. The lowest BCUT2D eigenvalue weighted by Crippen LogP contribution is -2.18. The number of nitrogens with zero attached hydrogens (tertiary/aromatic N) is 4. The number of ether oxygens (including phenoxy) is 2. The highest BCUT2D eigenvalue weighted by atomic mass is 16.5. The Kier molecular flexibility index (Phi) is 5.85. The average Bonchev–Trinajstić information content (AvgIpc) is 3.25. The van der Waals surface area contributed by atoms with Crippen LogP contribution in [0.3, 0.4) is 0 Å². The minimum Gasteiger partial charge on any atom is -0.496 e. The summed E-state index contributed by atoms with van der Waals surface area (Å²) in [5, 5.41) is 18.9. The highest BCUT2D eigenvalue weighted by molar-refractivity contribution is 5.97. The molecule has 2 aromatic carbocycles. The SMILES string of the molecule is CNC(=O)c1ccc(Nc2nc3c(-c4ccc(OCC#N)cc4)cccn3n2)cc1OC. The van der Waals surface area contributed by atoms with E-state index in [1.54, 1.807) is 29.8 Å². The number of nitriles is 1. The van der Waals surface area contributed by atoms with E-state index >= 15 is 0 Å². The second-order valence-corrected chi connectivity index (χ2v) is 6.72. The maximum absolute atomic E-state index is 12.0. The van der Waals surface area contributed by atoms with Crippen molar-refractivity contribution in [1.29, 1.82) is 5.26 Å². The van der Waals surface area contributed by atoms with Gasteiger partial charge in [-0.3, -0.25) is 4.79 Å². The van der Waals surface area contributed by atoms with Gasteiger partial charge in [0.1, 0.15) is 17.6 Å². The van der Waals surface area contributed by atoms with Crippen molar-refractivity contribution in [3.05, 3.63) is 66.4 Å². The molecule has 0 spiro atoms. The summed E-state index contributed by atoms with van der Waals surface area (Å²) in [6.07, 6.45) is 1.82. The molecule has 2 aromatic heterocycles. The summed E-state index contributed by atoms with van der Waals surface area (Å²) in [6.45, 7) is 0.00299. The predicted molar refractivity (Wildman–Crippen MR) is 119 cm³/mol. The number of amides is 1. The molecule has 4 aromatic rings. The molecule has 9 heteroatoms. The Morgan fingerprint density at radius 3 is 2.72 bits per heavy atom. The Balaban J connectivity index is 1.62. The lowest BCUT2D eigenvalue weighted by molar-refractivity contribution is 0.0960. The second-order valence-electron chi connectivity index (χ2n) is 6.72. The topological polar surface area (TPSA) is 114 Å². The number of benzene rings is 2. The first kappa shape index (κ1) is 20.7. The van der Waals surface area contributed by atoms with E-state index in [1.165, 1.54) is 7.11 Å². The van der Waals surface area contributed by atoms with Crippen molar-refractivity contribution in [3.63, 3.8) is 0 Å². The molecule has 2 heterocycles. The zero-order valence-electron chi connectivity index (χ0n) is 17.5. The smallest absolute Gasteiger partial charge is 0.254 e. The van der Waals surface area contributed by atoms with Crippen molar-refractivity contribution in [2.24, 2.45) is 0 Å². The monoisotopic (exact) mass is 428 g/mol. The van der Waals surface area contributed by atoms with E-state index in [9.17, 15) is 4.79 Å². The molecule has 0 bridgehead atoms. The number of aromatic nitrogens is 3. The average molecular weight is 428 g/mol. The summed E-state index contributed by atoms with van der Waals surface area (Å²) >= 11 is 0. The van der Waals surface area contributed by atoms with Crippen molar-refractivity contribution < 1.29 is 14.3 Å². The molecule has 1 amide bonds. The van der Waals surface area contributed by atoms with E-state index in [1.807, 2.05) is 48.7 Å². The third kappa shape index (κ3) is 4.15. The van der Waals surface area contributed by atoms with Gasteiger partial charge in [0.25, 0.3) is 5.91 Å². The lowest BCUT2D eigenvalue weighted by Gasteiger charge is -2.09. The normalized spacial score (nSPS) is 10.4. The molecule has 2 N–H and O–H groups in total. The lowest BCUT2D eigenvalue weighted by atomic mass is 10.1. The fraction of sp³-hybridized carbons (Fsp3) is 0.130. The number of rotatable bonds is 7. The van der Waals surface area contributed by atoms with Gasteiger partial charge in [-0.2, -0.15) is 10.2 Å². The third-order valence-corrected chi connectivity index (χ3v) is 4.76. The van der Waals surface area contributed by atoms with Gasteiger partial charge in [0.2, 0.25) is 5.95 Å². The number of hydrogen-bond acceptors (Lipinski definition) is 7. The number of carbonyl (C=O) groups excluding carboxylic acids is 1. The van der Waals surface area contributed by atoms with Crippen molar-refractivity contribution >= 4 is 23.2 Å². The minimum absolute atomic E-state index is 0.00299. The van der Waals surface area contributed by atoms with E-state index in [4.69, 9.17) is 14.7 Å². The maximum atomic E-state index is 12.0. The fourth-order valence-corrected chi connectivity index (χ4v) is 3.25. The van der Waals surface area contributed by atoms with Crippen molar-refractivity contribution in [3.8, 4) is 28.7 Å². The zero-order valence-corrected chi connectivity index (χ0v) is 17.5. The quantitative estimate of drug-likeness (QED) is 0.464. The van der Waals surface area contributed by atoms with Crippen molar-refractivity contribution in [2.45, 2.75) is 0 Å². The van der Waals surface area contributed by atoms with Crippen LogP contribution < -0.4 is 20.1 Å². The van der Waals surface area contributed by atoms with Crippen molar-refractivity contribution in [1.82, 2.24) is 19.9 Å². The number of methoxy groups -OCH3 is 1. The molecule has 0 saturated carbocycles. The summed E-state index contributed by atoms with van der Waals surface area (Å²) < 4.78 is 12.3. The number of nitrogens with one attached hydrogen (secondary N) is 2. The Bertz CT molecular complexity index is 1310. The van der Waals surface area contributed by atoms with Crippen LogP contribution in [0.5, 0.6) is 11.5 Å². The molecule has 0 aliphatic heterocycles. The van der Waals surface area contributed by atoms with Gasteiger partial charge in [-0.1, -0.05) is 12.1 Å².